The van der Waals surface area contributed by atoms with E-state index < -0.39 is 17.0 Å². The van der Waals surface area contributed by atoms with E-state index in [4.69, 9.17) is 16.7 Å². The molecule has 17 heavy (non-hydrogen) atoms. The summed E-state index contributed by atoms with van der Waals surface area (Å²) in [4.78, 5) is 14.7. The molecule has 0 radical (unpaired) electrons. The number of hydrogen-bond acceptors (Lipinski definition) is 2. The lowest BCUT2D eigenvalue weighted by Gasteiger charge is -2.14. The second kappa shape index (κ2) is 4.96. The fraction of sp³-hybridized carbons (Fsp3) is 0.455. The van der Waals surface area contributed by atoms with E-state index in [0.717, 1.165) is 6.07 Å². The van der Waals surface area contributed by atoms with Crippen molar-refractivity contribution in [1.29, 1.82) is 0 Å². The molecule has 0 aliphatic rings. The number of pyridine rings is 1. The number of aromatic carboxylic acids is 1. The number of nitrogens with zero attached hydrogens (tertiary/aromatic N) is 1. The molecule has 0 spiro atoms. The number of halogens is 3. The maximum absolute atomic E-state index is 13.0. The maximum Gasteiger partial charge on any atom is 0.364 e. The molecule has 6 heteroatoms. The van der Waals surface area contributed by atoms with E-state index in [1.807, 2.05) is 0 Å². The third kappa shape index (κ3) is 2.91. The van der Waals surface area contributed by atoms with E-state index in [9.17, 15) is 13.6 Å². The van der Waals surface area contributed by atoms with Gasteiger partial charge in [0.2, 0.25) is 0 Å². The van der Waals surface area contributed by atoms with Crippen LogP contribution < -0.4 is 0 Å². The Labute approximate surface area is 102 Å². The van der Waals surface area contributed by atoms with Crippen LogP contribution in [0.4, 0.5) is 8.78 Å². The van der Waals surface area contributed by atoms with Crippen molar-refractivity contribution in [3.8, 4) is 0 Å². The van der Waals surface area contributed by atoms with Gasteiger partial charge in [0.05, 0.1) is 11.3 Å². The molecule has 0 bridgehead atoms. The smallest absolute Gasteiger partial charge is 0.364 e. The zero-order chi connectivity index (χ0) is 13.2. The largest absolute Gasteiger partial charge is 0.478 e. The van der Waals surface area contributed by atoms with Gasteiger partial charge in [-0.2, -0.15) is 8.78 Å². The standard InChI is InChI=1S/C11H12ClF2NO2/c1-3-6-5-8(11(12,13)14)15-7(4-2)9(6)10(16)17/h5H,3-4H2,1-2H3,(H,16,17). The molecular formula is C11H12ClF2NO2. The quantitative estimate of drug-likeness (QED) is 0.849. The number of carboxylic acid groups (broad SMARTS) is 1. The predicted molar refractivity (Wildman–Crippen MR) is 59.7 cm³/mol. The molecule has 0 saturated carbocycles. The van der Waals surface area contributed by atoms with Gasteiger partial charge in [-0.25, -0.2) is 9.78 Å². The van der Waals surface area contributed by atoms with Gasteiger partial charge < -0.3 is 5.11 Å². The summed E-state index contributed by atoms with van der Waals surface area (Å²) in [6, 6.07) is 1.05. The van der Waals surface area contributed by atoms with Crippen molar-refractivity contribution in [1.82, 2.24) is 4.98 Å². The molecule has 1 aromatic rings. The van der Waals surface area contributed by atoms with Gasteiger partial charge in [-0.15, -0.1) is 0 Å². The van der Waals surface area contributed by atoms with E-state index in [-0.39, 0.29) is 17.7 Å². The average Bonchev–Trinajstić information content (AvgIpc) is 2.25. The Hall–Kier alpha value is -1.23. The van der Waals surface area contributed by atoms with E-state index in [1.54, 1.807) is 13.8 Å². The van der Waals surface area contributed by atoms with Crippen molar-refractivity contribution in [2.45, 2.75) is 32.1 Å². The summed E-state index contributed by atoms with van der Waals surface area (Å²) in [5.74, 6) is -1.16. The molecule has 0 amide bonds. The number of carboxylic acids is 1. The molecule has 1 heterocycles. The molecule has 1 rings (SSSR count). The van der Waals surface area contributed by atoms with Crippen molar-refractivity contribution in [3.05, 3.63) is 28.6 Å². The molecule has 0 atom stereocenters. The van der Waals surface area contributed by atoms with Crippen molar-refractivity contribution in [2.75, 3.05) is 0 Å². The highest BCUT2D eigenvalue weighted by Gasteiger charge is 2.32. The minimum absolute atomic E-state index is 0.000309. The SMILES string of the molecule is CCc1cc(C(F)(F)Cl)nc(CC)c1C(=O)O. The van der Waals surface area contributed by atoms with Crippen LogP contribution in [-0.2, 0) is 18.2 Å². The Bertz CT molecular complexity index is 419. The van der Waals surface area contributed by atoms with Gasteiger partial charge in [0.15, 0.2) is 0 Å². The lowest BCUT2D eigenvalue weighted by atomic mass is 10.0. The normalized spacial score (nSPS) is 11.6. The summed E-state index contributed by atoms with van der Waals surface area (Å²) in [6.07, 6.45) is 0.590. The van der Waals surface area contributed by atoms with Crippen molar-refractivity contribution in [2.24, 2.45) is 0 Å². The summed E-state index contributed by atoms with van der Waals surface area (Å²) in [7, 11) is 0. The number of alkyl halides is 3. The first-order valence-electron chi connectivity index (χ1n) is 5.14. The van der Waals surface area contributed by atoms with Crippen LogP contribution in [0.25, 0.3) is 0 Å². The van der Waals surface area contributed by atoms with Crippen LogP contribution in [0.1, 0.15) is 41.2 Å². The number of aromatic nitrogens is 1. The molecular weight excluding hydrogens is 252 g/mol. The van der Waals surface area contributed by atoms with Crippen LogP contribution in [0.5, 0.6) is 0 Å². The molecule has 0 fully saturated rings. The summed E-state index contributed by atoms with van der Waals surface area (Å²) in [5, 5.41) is 5.46. The van der Waals surface area contributed by atoms with Crippen molar-refractivity contribution >= 4 is 17.6 Å². The fourth-order valence-electron chi connectivity index (χ4n) is 1.60. The monoisotopic (exact) mass is 263 g/mol. The lowest BCUT2D eigenvalue weighted by Crippen LogP contribution is -2.15. The molecule has 0 aliphatic heterocycles. The first kappa shape index (κ1) is 13.8. The average molecular weight is 264 g/mol. The minimum Gasteiger partial charge on any atom is -0.478 e. The molecule has 0 aliphatic carbocycles. The number of aryl methyl sites for hydroxylation is 2. The van der Waals surface area contributed by atoms with Gasteiger partial charge in [0, 0.05) is 0 Å². The summed E-state index contributed by atoms with van der Waals surface area (Å²) in [6.45, 7) is 3.35. The molecule has 0 saturated heterocycles. The Morgan fingerprint density at radius 3 is 2.41 bits per heavy atom. The van der Waals surface area contributed by atoms with Crippen molar-refractivity contribution < 1.29 is 18.7 Å². The Kier molecular flexibility index (Phi) is 4.03. The van der Waals surface area contributed by atoms with Crippen LogP contribution in [-0.4, -0.2) is 16.1 Å². The van der Waals surface area contributed by atoms with Gasteiger partial charge in [0.1, 0.15) is 5.69 Å². The van der Waals surface area contributed by atoms with Crippen LogP contribution in [0, 0.1) is 0 Å². The number of hydrogen-bond donors (Lipinski definition) is 1. The third-order valence-corrected chi connectivity index (χ3v) is 2.59. The first-order valence-corrected chi connectivity index (χ1v) is 5.52. The van der Waals surface area contributed by atoms with Crippen LogP contribution >= 0.6 is 11.6 Å². The highest BCUT2D eigenvalue weighted by atomic mass is 35.5. The van der Waals surface area contributed by atoms with Gasteiger partial charge >= 0.3 is 11.4 Å². The van der Waals surface area contributed by atoms with Crippen LogP contribution in [0.15, 0.2) is 6.07 Å². The zero-order valence-electron chi connectivity index (χ0n) is 9.43. The van der Waals surface area contributed by atoms with E-state index in [2.05, 4.69) is 4.98 Å². The Morgan fingerprint density at radius 2 is 2.06 bits per heavy atom. The molecule has 3 nitrogen and oxygen atoms in total. The second-order valence-electron chi connectivity index (χ2n) is 3.50. The molecule has 0 aromatic carbocycles. The minimum atomic E-state index is -3.58. The van der Waals surface area contributed by atoms with Gasteiger partial charge in [-0.1, -0.05) is 13.8 Å². The first-order chi connectivity index (χ1) is 7.81. The highest BCUT2D eigenvalue weighted by molar-refractivity contribution is 6.21. The zero-order valence-corrected chi connectivity index (χ0v) is 10.2. The van der Waals surface area contributed by atoms with E-state index >= 15 is 0 Å². The predicted octanol–water partition coefficient (Wildman–Crippen LogP) is 3.19. The van der Waals surface area contributed by atoms with Gasteiger partial charge in [-0.3, -0.25) is 0 Å². The van der Waals surface area contributed by atoms with Crippen LogP contribution in [0.2, 0.25) is 0 Å². The highest BCUT2D eigenvalue weighted by Crippen LogP contribution is 2.32. The molecule has 94 valence electrons. The molecule has 0 unspecified atom stereocenters. The third-order valence-electron chi connectivity index (χ3n) is 2.40. The Balaban J connectivity index is 3.50. The summed E-state index contributed by atoms with van der Waals surface area (Å²) in [5.41, 5.74) is -0.149. The number of carbonyl (C=O) groups is 1. The Morgan fingerprint density at radius 1 is 1.47 bits per heavy atom. The number of rotatable bonds is 4. The molecule has 1 aromatic heterocycles. The molecule has 1 N–H and O–H groups in total. The second-order valence-corrected chi connectivity index (χ2v) is 3.97. The van der Waals surface area contributed by atoms with Gasteiger partial charge in [-0.05, 0) is 36.1 Å². The van der Waals surface area contributed by atoms with E-state index in [0.29, 0.717) is 12.0 Å². The van der Waals surface area contributed by atoms with Gasteiger partial charge in [0.25, 0.3) is 0 Å². The van der Waals surface area contributed by atoms with Crippen LogP contribution in [0.3, 0.4) is 0 Å². The summed E-state index contributed by atoms with van der Waals surface area (Å²) < 4.78 is 26.0. The van der Waals surface area contributed by atoms with Crippen molar-refractivity contribution in [3.63, 3.8) is 0 Å². The fourth-order valence-corrected chi connectivity index (χ4v) is 1.69. The summed E-state index contributed by atoms with van der Waals surface area (Å²) >= 11 is 4.91. The van der Waals surface area contributed by atoms with E-state index in [1.165, 1.54) is 0 Å². The lowest BCUT2D eigenvalue weighted by molar-refractivity contribution is 0.0690. The topological polar surface area (TPSA) is 50.2 Å². The maximum atomic E-state index is 13.0.